The average Bonchev–Trinajstić information content (AvgIpc) is 2.81. The summed E-state index contributed by atoms with van der Waals surface area (Å²) in [5.41, 5.74) is 6.93. The van der Waals surface area contributed by atoms with Crippen LogP contribution in [0.25, 0.3) is 0 Å². The highest BCUT2D eigenvalue weighted by Crippen LogP contribution is 2.18. The van der Waals surface area contributed by atoms with E-state index in [0.29, 0.717) is 44.2 Å². The van der Waals surface area contributed by atoms with Crippen LogP contribution in [-0.4, -0.2) is 57.8 Å². The van der Waals surface area contributed by atoms with Crippen molar-refractivity contribution in [3.8, 4) is 0 Å². The van der Waals surface area contributed by atoms with Gasteiger partial charge in [0.05, 0.1) is 12.6 Å². The molecular weight excluding hydrogens is 394 g/mol. The summed E-state index contributed by atoms with van der Waals surface area (Å²) < 4.78 is 0. The van der Waals surface area contributed by atoms with Gasteiger partial charge in [-0.05, 0) is 17.7 Å². The molecule has 3 heterocycles. The van der Waals surface area contributed by atoms with Crippen LogP contribution in [0.3, 0.4) is 0 Å². The van der Waals surface area contributed by atoms with Gasteiger partial charge in [0.25, 0.3) is 5.91 Å². The zero-order valence-electron chi connectivity index (χ0n) is 16.9. The van der Waals surface area contributed by atoms with Crippen molar-refractivity contribution >= 4 is 29.3 Å². The Balaban J connectivity index is 0.00000193. The molecule has 1 aromatic carbocycles. The lowest BCUT2D eigenvalue weighted by Crippen LogP contribution is -2.49. The van der Waals surface area contributed by atoms with Crippen molar-refractivity contribution in [3.05, 3.63) is 72.2 Å². The number of rotatable bonds is 5. The molecule has 1 aliphatic rings. The fraction of sp³-hybridized carbons (Fsp3) is 0.227. The van der Waals surface area contributed by atoms with Crippen LogP contribution >= 0.6 is 0 Å². The van der Waals surface area contributed by atoms with Crippen molar-refractivity contribution in [2.75, 3.05) is 42.1 Å². The number of anilines is 3. The van der Waals surface area contributed by atoms with Gasteiger partial charge in [-0.25, -0.2) is 15.0 Å². The zero-order valence-corrected chi connectivity index (χ0v) is 16.9. The third kappa shape index (κ3) is 4.95. The molecule has 0 unspecified atom stereocenters. The molecule has 1 saturated heterocycles. The molecule has 3 aromatic rings. The lowest BCUT2D eigenvalue weighted by molar-refractivity contribution is -0.130. The number of carbonyl (C=O) groups is 2. The second-order valence-corrected chi connectivity index (χ2v) is 7.16. The van der Waals surface area contributed by atoms with E-state index in [9.17, 15) is 9.59 Å². The van der Waals surface area contributed by atoms with E-state index in [1.165, 1.54) is 0 Å². The summed E-state index contributed by atoms with van der Waals surface area (Å²) in [6.45, 7) is 2.35. The number of nitrogens with zero attached hydrogens (tertiary/aromatic N) is 5. The lowest BCUT2D eigenvalue weighted by Gasteiger charge is -2.35. The van der Waals surface area contributed by atoms with Gasteiger partial charge in [0, 0.05) is 35.2 Å². The number of amides is 2. The fourth-order valence-electron chi connectivity index (χ4n) is 3.39. The number of hydrogen-bond donors (Lipinski definition) is 2. The number of nitrogens with one attached hydrogen (secondary N) is 1. The van der Waals surface area contributed by atoms with Crippen LogP contribution in [0.4, 0.5) is 17.5 Å². The van der Waals surface area contributed by atoms with Crippen LogP contribution in [0.2, 0.25) is 0 Å². The average molecular weight is 422 g/mol. The topological polar surface area (TPSA) is 117 Å². The van der Waals surface area contributed by atoms with Crippen LogP contribution < -0.4 is 16.0 Å². The predicted octanol–water partition coefficient (Wildman–Crippen LogP) is 2.09. The van der Waals surface area contributed by atoms with Gasteiger partial charge in [0.15, 0.2) is 11.5 Å². The van der Waals surface area contributed by atoms with Crippen molar-refractivity contribution in [1.82, 2.24) is 19.9 Å². The van der Waals surface area contributed by atoms with Gasteiger partial charge in [-0.1, -0.05) is 36.4 Å². The number of pyridine rings is 1. The van der Waals surface area contributed by atoms with E-state index in [0.717, 1.165) is 5.56 Å². The Morgan fingerprint density at radius 2 is 1.74 bits per heavy atom. The monoisotopic (exact) mass is 421 g/mol. The van der Waals surface area contributed by atoms with Crippen LogP contribution in [0.5, 0.6) is 0 Å². The molecule has 9 heteroatoms. The molecule has 31 heavy (non-hydrogen) atoms. The summed E-state index contributed by atoms with van der Waals surface area (Å²) in [6, 6.07) is 14.9. The van der Waals surface area contributed by atoms with E-state index < -0.39 is 5.91 Å². The second-order valence-electron chi connectivity index (χ2n) is 7.16. The Kier molecular flexibility index (Phi) is 6.02. The molecule has 2 amide bonds. The predicted molar refractivity (Wildman–Crippen MR) is 122 cm³/mol. The van der Waals surface area contributed by atoms with Crippen LogP contribution in [0.1, 0.15) is 18.9 Å². The molecule has 0 aliphatic carbocycles. The van der Waals surface area contributed by atoms with E-state index in [1.54, 1.807) is 30.6 Å². The summed E-state index contributed by atoms with van der Waals surface area (Å²) >= 11 is 0. The standard InChI is InChI=1S/C22H23N7O2.2H2/c23-21-20(22(31)26-17-8-4-5-9-24-17)27-18(15-25-21)28-10-12-29(13-11-28)19(30)14-16-6-2-1-3-7-16;;/h1-9,15H,10-14H2,(H2,23,25)(H,24,26,31);2*1H. The summed E-state index contributed by atoms with van der Waals surface area (Å²) in [5, 5.41) is 2.67. The van der Waals surface area contributed by atoms with Gasteiger partial charge >= 0.3 is 0 Å². The maximum absolute atomic E-state index is 12.6. The minimum absolute atomic E-state index is 0. The van der Waals surface area contributed by atoms with Crippen LogP contribution in [-0.2, 0) is 11.2 Å². The number of carbonyl (C=O) groups excluding carboxylic acids is 2. The Labute approximate surface area is 182 Å². The van der Waals surface area contributed by atoms with E-state index in [-0.39, 0.29) is 20.3 Å². The first-order valence-corrected chi connectivity index (χ1v) is 10.0. The minimum Gasteiger partial charge on any atom is -0.382 e. The highest BCUT2D eigenvalue weighted by Gasteiger charge is 2.24. The SMILES string of the molecule is Nc1ncc(N2CCN(C(=O)Cc3ccccc3)CC2)nc1C(=O)Nc1ccccn1.[HH].[HH]. The minimum atomic E-state index is -0.470. The molecule has 2 aromatic heterocycles. The molecule has 0 bridgehead atoms. The molecule has 0 spiro atoms. The second kappa shape index (κ2) is 9.21. The highest BCUT2D eigenvalue weighted by molar-refractivity contribution is 6.05. The Morgan fingerprint density at radius 1 is 1.00 bits per heavy atom. The molecule has 4 rings (SSSR count). The maximum atomic E-state index is 12.6. The van der Waals surface area contributed by atoms with Gasteiger partial charge in [-0.3, -0.25) is 9.59 Å². The van der Waals surface area contributed by atoms with E-state index in [4.69, 9.17) is 5.73 Å². The number of piperazine rings is 1. The van der Waals surface area contributed by atoms with E-state index in [2.05, 4.69) is 20.3 Å². The number of aromatic nitrogens is 3. The fourth-order valence-corrected chi connectivity index (χ4v) is 3.39. The van der Waals surface area contributed by atoms with Crippen molar-refractivity contribution in [2.45, 2.75) is 6.42 Å². The quantitative estimate of drug-likeness (QED) is 0.648. The Bertz CT molecular complexity index is 1060. The summed E-state index contributed by atoms with van der Waals surface area (Å²) in [4.78, 5) is 41.6. The van der Waals surface area contributed by atoms with Crippen molar-refractivity contribution in [3.63, 3.8) is 0 Å². The van der Waals surface area contributed by atoms with Gasteiger partial charge in [0.1, 0.15) is 11.6 Å². The molecule has 0 saturated carbocycles. The summed E-state index contributed by atoms with van der Waals surface area (Å²) in [6.07, 6.45) is 3.52. The Hall–Kier alpha value is -4.01. The molecule has 0 radical (unpaired) electrons. The molecule has 1 fully saturated rings. The largest absolute Gasteiger partial charge is 0.382 e. The van der Waals surface area contributed by atoms with E-state index >= 15 is 0 Å². The third-order valence-corrected chi connectivity index (χ3v) is 5.06. The highest BCUT2D eigenvalue weighted by atomic mass is 16.2. The smallest absolute Gasteiger partial charge is 0.279 e. The van der Waals surface area contributed by atoms with E-state index in [1.807, 2.05) is 40.1 Å². The molecular formula is C22H27N7O2. The zero-order chi connectivity index (χ0) is 21.6. The Morgan fingerprint density at radius 3 is 2.45 bits per heavy atom. The first-order valence-electron chi connectivity index (χ1n) is 10.0. The van der Waals surface area contributed by atoms with Crippen molar-refractivity contribution in [1.29, 1.82) is 0 Å². The number of hydrogen-bond acceptors (Lipinski definition) is 7. The van der Waals surface area contributed by atoms with Gasteiger partial charge in [-0.2, -0.15) is 0 Å². The number of benzene rings is 1. The van der Waals surface area contributed by atoms with Crippen LogP contribution in [0, 0.1) is 0 Å². The normalized spacial score (nSPS) is 13.7. The van der Waals surface area contributed by atoms with Crippen molar-refractivity contribution in [2.24, 2.45) is 0 Å². The molecule has 9 nitrogen and oxygen atoms in total. The molecule has 3 N–H and O–H groups in total. The molecule has 1 aliphatic heterocycles. The first-order chi connectivity index (χ1) is 15.1. The van der Waals surface area contributed by atoms with Crippen molar-refractivity contribution < 1.29 is 12.4 Å². The lowest BCUT2D eigenvalue weighted by atomic mass is 10.1. The maximum Gasteiger partial charge on any atom is 0.279 e. The molecule has 0 atom stereocenters. The molecule has 162 valence electrons. The van der Waals surface area contributed by atoms with Gasteiger partial charge in [0.2, 0.25) is 5.91 Å². The van der Waals surface area contributed by atoms with Gasteiger partial charge in [-0.15, -0.1) is 0 Å². The van der Waals surface area contributed by atoms with Crippen LogP contribution in [0.15, 0.2) is 60.9 Å². The third-order valence-electron chi connectivity index (χ3n) is 5.06. The number of nitrogens with two attached hydrogens (primary N) is 1. The van der Waals surface area contributed by atoms with Gasteiger partial charge < -0.3 is 20.9 Å². The first kappa shape index (κ1) is 20.3. The number of nitrogen functional groups attached to an aromatic ring is 1. The summed E-state index contributed by atoms with van der Waals surface area (Å²) in [7, 11) is 0. The summed E-state index contributed by atoms with van der Waals surface area (Å²) in [5.74, 6) is 0.640.